The number of nitrogens with two attached hydrogens (primary N) is 1. The fourth-order valence-corrected chi connectivity index (χ4v) is 1.28. The van der Waals surface area contributed by atoms with Crippen LogP contribution < -0.4 is 11.1 Å². The summed E-state index contributed by atoms with van der Waals surface area (Å²) in [6, 6.07) is 1.43. The summed E-state index contributed by atoms with van der Waals surface area (Å²) in [7, 11) is 0. The first-order valence-corrected chi connectivity index (χ1v) is 5.35. The lowest BCUT2D eigenvalue weighted by Gasteiger charge is -2.09. The van der Waals surface area contributed by atoms with Crippen LogP contribution >= 0.6 is 0 Å². The van der Waals surface area contributed by atoms with Crippen molar-refractivity contribution in [2.75, 3.05) is 17.6 Å². The molecule has 0 saturated carbocycles. The van der Waals surface area contributed by atoms with Crippen LogP contribution in [-0.2, 0) is 6.42 Å². The van der Waals surface area contributed by atoms with E-state index in [-0.39, 0.29) is 12.4 Å². The van der Waals surface area contributed by atoms with Crippen molar-refractivity contribution >= 4 is 11.6 Å². The zero-order valence-corrected chi connectivity index (χ0v) is 9.51. The van der Waals surface area contributed by atoms with Gasteiger partial charge in [0.2, 0.25) is 0 Å². The van der Waals surface area contributed by atoms with Crippen LogP contribution in [0.25, 0.3) is 0 Å². The van der Waals surface area contributed by atoms with Gasteiger partial charge in [-0.25, -0.2) is 9.97 Å². The molecule has 1 aromatic heterocycles. The summed E-state index contributed by atoms with van der Waals surface area (Å²) < 4.78 is 35.8. The van der Waals surface area contributed by atoms with Crippen molar-refractivity contribution in [1.82, 2.24) is 9.97 Å². The van der Waals surface area contributed by atoms with Gasteiger partial charge in [-0.05, 0) is 6.42 Å². The Bertz CT molecular complexity index is 365. The molecule has 0 aliphatic rings. The Hall–Kier alpha value is -1.53. The number of nitrogens with one attached hydrogen (secondary N) is 1. The Morgan fingerprint density at radius 1 is 1.35 bits per heavy atom. The van der Waals surface area contributed by atoms with Crippen molar-refractivity contribution in [3.63, 3.8) is 0 Å². The van der Waals surface area contributed by atoms with Crippen LogP contribution in [0.15, 0.2) is 6.07 Å². The lowest BCUT2D eigenvalue weighted by Crippen LogP contribution is -2.15. The van der Waals surface area contributed by atoms with Crippen LogP contribution in [0, 0.1) is 0 Å². The van der Waals surface area contributed by atoms with Gasteiger partial charge in [0.15, 0.2) is 0 Å². The van der Waals surface area contributed by atoms with E-state index in [0.29, 0.717) is 18.1 Å². The Morgan fingerprint density at radius 2 is 2.06 bits per heavy atom. The minimum atomic E-state index is -4.17. The zero-order chi connectivity index (χ0) is 12.9. The van der Waals surface area contributed by atoms with E-state index in [9.17, 15) is 13.2 Å². The number of hydrogen-bond acceptors (Lipinski definition) is 4. The summed E-state index contributed by atoms with van der Waals surface area (Å²) in [4.78, 5) is 8.06. The number of aromatic nitrogens is 2. The molecule has 1 rings (SSSR count). The topological polar surface area (TPSA) is 63.8 Å². The number of nitrogens with zero attached hydrogens (tertiary/aromatic N) is 2. The average molecular weight is 248 g/mol. The minimum absolute atomic E-state index is 0.217. The molecule has 0 atom stereocenters. The fraction of sp³-hybridized carbons (Fsp3) is 0.600. The third-order valence-electron chi connectivity index (χ3n) is 1.98. The first-order valence-electron chi connectivity index (χ1n) is 5.35. The monoisotopic (exact) mass is 248 g/mol. The molecule has 0 unspecified atom stereocenters. The first kappa shape index (κ1) is 13.5. The molecule has 0 aromatic carbocycles. The summed E-state index contributed by atoms with van der Waals surface area (Å²) in [5, 5.41) is 2.59. The lowest BCUT2D eigenvalue weighted by molar-refractivity contribution is -0.131. The number of hydrogen-bond donors (Lipinski definition) is 2. The smallest absolute Gasteiger partial charge is 0.384 e. The van der Waals surface area contributed by atoms with Gasteiger partial charge < -0.3 is 11.1 Å². The molecule has 0 aliphatic heterocycles. The number of aryl methyl sites for hydroxylation is 1. The third kappa shape index (κ3) is 5.37. The average Bonchev–Trinajstić information content (AvgIpc) is 2.15. The SMILES string of the molecule is CCCc1nc(N)cc(NCCC(F)(F)F)n1. The van der Waals surface area contributed by atoms with Gasteiger partial charge in [0.25, 0.3) is 0 Å². The third-order valence-corrected chi connectivity index (χ3v) is 1.98. The van der Waals surface area contributed by atoms with Gasteiger partial charge in [-0.3, -0.25) is 0 Å². The maximum atomic E-state index is 11.9. The number of anilines is 2. The second-order valence-electron chi connectivity index (χ2n) is 3.64. The highest BCUT2D eigenvalue weighted by molar-refractivity contribution is 5.44. The summed E-state index contributed by atoms with van der Waals surface area (Å²) >= 11 is 0. The van der Waals surface area contributed by atoms with E-state index in [4.69, 9.17) is 5.73 Å². The van der Waals surface area contributed by atoms with E-state index < -0.39 is 12.6 Å². The van der Waals surface area contributed by atoms with E-state index >= 15 is 0 Å². The van der Waals surface area contributed by atoms with Crippen molar-refractivity contribution in [2.24, 2.45) is 0 Å². The van der Waals surface area contributed by atoms with E-state index in [1.165, 1.54) is 6.07 Å². The van der Waals surface area contributed by atoms with Crippen molar-refractivity contribution in [3.8, 4) is 0 Å². The zero-order valence-electron chi connectivity index (χ0n) is 9.51. The molecule has 0 bridgehead atoms. The van der Waals surface area contributed by atoms with Crippen molar-refractivity contribution in [2.45, 2.75) is 32.4 Å². The van der Waals surface area contributed by atoms with Gasteiger partial charge in [-0.15, -0.1) is 0 Å². The highest BCUT2D eigenvalue weighted by Gasteiger charge is 2.26. The molecule has 1 aromatic rings. The standard InChI is InChI=1S/C10H15F3N4/c1-2-3-8-16-7(14)6-9(17-8)15-5-4-10(11,12)13/h6H,2-5H2,1H3,(H3,14,15,16,17). The molecule has 96 valence electrons. The largest absolute Gasteiger partial charge is 0.390 e. The highest BCUT2D eigenvalue weighted by atomic mass is 19.4. The van der Waals surface area contributed by atoms with Crippen LogP contribution in [0.3, 0.4) is 0 Å². The van der Waals surface area contributed by atoms with Crippen LogP contribution in [0.4, 0.5) is 24.8 Å². The molecule has 0 radical (unpaired) electrons. The summed E-state index contributed by atoms with van der Waals surface area (Å²) in [6.45, 7) is 1.74. The molecule has 0 fully saturated rings. The molecule has 7 heteroatoms. The van der Waals surface area contributed by atoms with Crippen molar-refractivity contribution in [3.05, 3.63) is 11.9 Å². The Kier molecular flexibility index (Phi) is 4.53. The van der Waals surface area contributed by atoms with Crippen LogP contribution in [-0.4, -0.2) is 22.7 Å². The molecule has 1 heterocycles. The number of rotatable bonds is 5. The molecule has 4 nitrogen and oxygen atoms in total. The maximum absolute atomic E-state index is 11.9. The van der Waals surface area contributed by atoms with Crippen LogP contribution in [0.1, 0.15) is 25.6 Å². The minimum Gasteiger partial charge on any atom is -0.384 e. The van der Waals surface area contributed by atoms with Crippen LogP contribution in [0.2, 0.25) is 0 Å². The molecule has 0 saturated heterocycles. The molecule has 0 amide bonds. The summed E-state index contributed by atoms with van der Waals surface area (Å²) in [6.07, 6.45) is -3.57. The predicted octanol–water partition coefficient (Wildman–Crippen LogP) is 2.38. The van der Waals surface area contributed by atoms with Crippen LogP contribution in [0.5, 0.6) is 0 Å². The van der Waals surface area contributed by atoms with Gasteiger partial charge >= 0.3 is 6.18 Å². The van der Waals surface area contributed by atoms with Gasteiger partial charge in [-0.2, -0.15) is 13.2 Å². The molecule has 17 heavy (non-hydrogen) atoms. The predicted molar refractivity (Wildman–Crippen MR) is 59.6 cm³/mol. The first-order chi connectivity index (χ1) is 7.90. The lowest BCUT2D eigenvalue weighted by atomic mass is 10.3. The molecule has 0 spiro atoms. The molecular weight excluding hydrogens is 233 g/mol. The van der Waals surface area contributed by atoms with Crippen molar-refractivity contribution < 1.29 is 13.2 Å². The molecule has 3 N–H and O–H groups in total. The van der Waals surface area contributed by atoms with Crippen molar-refractivity contribution in [1.29, 1.82) is 0 Å². The Morgan fingerprint density at radius 3 is 2.65 bits per heavy atom. The maximum Gasteiger partial charge on any atom is 0.390 e. The normalized spacial score (nSPS) is 11.5. The number of halogens is 3. The van der Waals surface area contributed by atoms with Gasteiger partial charge in [0.05, 0.1) is 6.42 Å². The van der Waals surface area contributed by atoms with E-state index in [1.54, 1.807) is 0 Å². The number of nitrogen functional groups attached to an aromatic ring is 1. The quantitative estimate of drug-likeness (QED) is 0.839. The van der Waals surface area contributed by atoms with E-state index in [2.05, 4.69) is 15.3 Å². The van der Waals surface area contributed by atoms with E-state index in [1.807, 2.05) is 6.92 Å². The van der Waals surface area contributed by atoms with E-state index in [0.717, 1.165) is 6.42 Å². The summed E-state index contributed by atoms with van der Waals surface area (Å²) in [5.41, 5.74) is 5.53. The second kappa shape index (κ2) is 5.70. The van der Waals surface area contributed by atoms with Gasteiger partial charge in [-0.1, -0.05) is 6.92 Å². The molecular formula is C10H15F3N4. The summed E-state index contributed by atoms with van der Waals surface area (Å²) in [5.74, 6) is 1.14. The Balaban J connectivity index is 2.58. The van der Waals surface area contributed by atoms with Gasteiger partial charge in [0, 0.05) is 19.0 Å². The second-order valence-corrected chi connectivity index (χ2v) is 3.64. The highest BCUT2D eigenvalue weighted by Crippen LogP contribution is 2.19. The Labute approximate surface area is 97.4 Å². The number of alkyl halides is 3. The van der Waals surface area contributed by atoms with Gasteiger partial charge in [0.1, 0.15) is 17.5 Å². The fourth-order valence-electron chi connectivity index (χ4n) is 1.28. The molecule has 0 aliphatic carbocycles.